The third kappa shape index (κ3) is 3.83. The summed E-state index contributed by atoms with van der Waals surface area (Å²) in [5, 5.41) is 5.05. The first-order valence-corrected chi connectivity index (χ1v) is 8.87. The number of carbonyl (C=O) groups is 1. The number of anilines is 1. The highest BCUT2D eigenvalue weighted by molar-refractivity contribution is 6.03. The number of amides is 1. The predicted octanol–water partition coefficient (Wildman–Crippen LogP) is 5.27. The first-order chi connectivity index (χ1) is 13.7. The topological polar surface area (TPSA) is 60.7 Å². The van der Waals surface area contributed by atoms with Crippen LogP contribution < -0.4 is 14.8 Å². The summed E-state index contributed by atoms with van der Waals surface area (Å²) in [6.07, 6.45) is 0. The summed E-state index contributed by atoms with van der Waals surface area (Å²) in [7, 11) is 1.56. The maximum Gasteiger partial charge on any atom is 0.291 e. The molecule has 3 aromatic carbocycles. The minimum Gasteiger partial charge on any atom is -0.495 e. The van der Waals surface area contributed by atoms with E-state index in [0.29, 0.717) is 17.2 Å². The summed E-state index contributed by atoms with van der Waals surface area (Å²) >= 11 is 0. The van der Waals surface area contributed by atoms with E-state index in [1.54, 1.807) is 31.4 Å². The molecule has 0 saturated carbocycles. The molecule has 0 radical (unpaired) electrons. The van der Waals surface area contributed by atoms with E-state index >= 15 is 0 Å². The Kier molecular flexibility index (Phi) is 4.97. The van der Waals surface area contributed by atoms with Gasteiger partial charge in [-0.25, -0.2) is 0 Å². The summed E-state index contributed by atoms with van der Waals surface area (Å²) < 4.78 is 16.7. The van der Waals surface area contributed by atoms with Gasteiger partial charge in [0.05, 0.1) is 12.8 Å². The average molecular weight is 373 g/mol. The van der Waals surface area contributed by atoms with Gasteiger partial charge in [-0.05, 0) is 47.2 Å². The van der Waals surface area contributed by atoms with Crippen molar-refractivity contribution in [2.45, 2.75) is 6.61 Å². The first kappa shape index (κ1) is 17.7. The van der Waals surface area contributed by atoms with E-state index in [4.69, 9.17) is 13.9 Å². The van der Waals surface area contributed by atoms with Crippen molar-refractivity contribution in [3.63, 3.8) is 0 Å². The van der Waals surface area contributed by atoms with Crippen LogP contribution >= 0.6 is 0 Å². The zero-order valence-electron chi connectivity index (χ0n) is 15.3. The molecule has 0 aliphatic heterocycles. The Hall–Kier alpha value is -3.73. The maximum atomic E-state index is 12.4. The van der Waals surface area contributed by atoms with E-state index < -0.39 is 0 Å². The molecule has 0 unspecified atom stereocenters. The third-order valence-corrected chi connectivity index (χ3v) is 4.34. The van der Waals surface area contributed by atoms with Gasteiger partial charge >= 0.3 is 0 Å². The molecule has 1 aromatic heterocycles. The molecule has 0 fully saturated rings. The van der Waals surface area contributed by atoms with Crippen LogP contribution in [0.5, 0.6) is 11.5 Å². The van der Waals surface area contributed by atoms with Crippen molar-refractivity contribution in [1.29, 1.82) is 0 Å². The van der Waals surface area contributed by atoms with Crippen LogP contribution in [0.15, 0.2) is 83.3 Å². The lowest BCUT2D eigenvalue weighted by molar-refractivity contribution is 0.0992. The van der Waals surface area contributed by atoms with Crippen molar-refractivity contribution in [3.8, 4) is 11.5 Å². The molecule has 0 saturated heterocycles. The molecule has 140 valence electrons. The minimum atomic E-state index is -0.346. The van der Waals surface area contributed by atoms with Gasteiger partial charge in [-0.2, -0.15) is 0 Å². The highest BCUT2D eigenvalue weighted by atomic mass is 16.5. The van der Waals surface area contributed by atoms with Gasteiger partial charge in [-0.15, -0.1) is 0 Å². The number of fused-ring (bicyclic) bond motifs is 1. The minimum absolute atomic E-state index is 0.211. The Balaban J connectivity index is 1.41. The van der Waals surface area contributed by atoms with E-state index in [2.05, 4.69) is 11.4 Å². The Bertz CT molecular complexity index is 1120. The van der Waals surface area contributed by atoms with Gasteiger partial charge in [0, 0.05) is 0 Å². The fourth-order valence-corrected chi connectivity index (χ4v) is 2.92. The zero-order chi connectivity index (χ0) is 19.3. The smallest absolute Gasteiger partial charge is 0.291 e. The number of hydrogen-bond donors (Lipinski definition) is 1. The molecule has 0 aliphatic rings. The quantitative estimate of drug-likeness (QED) is 0.500. The van der Waals surface area contributed by atoms with Crippen LogP contribution in [-0.2, 0) is 6.61 Å². The van der Waals surface area contributed by atoms with Crippen LogP contribution in [0.3, 0.4) is 0 Å². The number of ether oxygens (including phenoxy) is 2. The van der Waals surface area contributed by atoms with Crippen molar-refractivity contribution in [3.05, 3.63) is 90.4 Å². The number of furan rings is 1. The molecule has 0 aliphatic carbocycles. The zero-order valence-corrected chi connectivity index (χ0v) is 15.3. The number of hydrogen-bond acceptors (Lipinski definition) is 4. The fourth-order valence-electron chi connectivity index (χ4n) is 2.92. The Labute approximate surface area is 162 Å². The average Bonchev–Trinajstić information content (AvgIpc) is 3.22. The van der Waals surface area contributed by atoms with Crippen molar-refractivity contribution in [1.82, 2.24) is 0 Å². The van der Waals surface area contributed by atoms with Crippen LogP contribution in [0.4, 0.5) is 5.69 Å². The predicted molar refractivity (Wildman–Crippen MR) is 108 cm³/mol. The number of benzene rings is 3. The first-order valence-electron chi connectivity index (χ1n) is 8.87. The molecule has 5 heteroatoms. The van der Waals surface area contributed by atoms with Crippen molar-refractivity contribution < 1.29 is 18.7 Å². The summed E-state index contributed by atoms with van der Waals surface area (Å²) in [6.45, 7) is 0.236. The molecule has 4 rings (SSSR count). The number of rotatable bonds is 6. The third-order valence-electron chi connectivity index (χ3n) is 4.34. The van der Waals surface area contributed by atoms with Gasteiger partial charge in [-0.1, -0.05) is 42.5 Å². The lowest BCUT2D eigenvalue weighted by atomic mass is 10.1. The normalized spacial score (nSPS) is 10.6. The molecule has 1 amide bonds. The number of carbonyl (C=O) groups excluding carboxylic acids is 1. The summed E-state index contributed by atoms with van der Waals surface area (Å²) in [4.78, 5) is 12.4. The van der Waals surface area contributed by atoms with E-state index in [1.165, 1.54) is 0 Å². The lowest BCUT2D eigenvalue weighted by Gasteiger charge is -2.08. The monoisotopic (exact) mass is 373 g/mol. The summed E-state index contributed by atoms with van der Waals surface area (Å²) in [5.74, 6) is 1.76. The molecular weight excluding hydrogens is 354 g/mol. The van der Waals surface area contributed by atoms with E-state index in [0.717, 1.165) is 16.5 Å². The van der Waals surface area contributed by atoms with Crippen molar-refractivity contribution >= 4 is 22.4 Å². The second-order valence-corrected chi connectivity index (χ2v) is 6.22. The summed E-state index contributed by atoms with van der Waals surface area (Å²) in [5.41, 5.74) is 0.584. The SMILES string of the molecule is COc1ccccc1NC(=O)c1ccc(COc2ccc3ccccc3c2)o1. The van der Waals surface area contributed by atoms with Crippen molar-refractivity contribution in [2.24, 2.45) is 0 Å². The van der Waals surface area contributed by atoms with Gasteiger partial charge < -0.3 is 19.2 Å². The second-order valence-electron chi connectivity index (χ2n) is 6.22. The molecule has 1 heterocycles. The van der Waals surface area contributed by atoms with Gasteiger partial charge in [0.2, 0.25) is 0 Å². The largest absolute Gasteiger partial charge is 0.495 e. The number of para-hydroxylation sites is 2. The fraction of sp³-hybridized carbons (Fsp3) is 0.0870. The van der Waals surface area contributed by atoms with Crippen molar-refractivity contribution in [2.75, 3.05) is 12.4 Å². The molecule has 0 bridgehead atoms. The van der Waals surface area contributed by atoms with E-state index in [1.807, 2.05) is 48.5 Å². The lowest BCUT2D eigenvalue weighted by Crippen LogP contribution is -2.11. The molecule has 28 heavy (non-hydrogen) atoms. The molecule has 0 atom stereocenters. The van der Waals surface area contributed by atoms with Crippen LogP contribution in [0.1, 0.15) is 16.3 Å². The number of nitrogens with one attached hydrogen (secondary N) is 1. The maximum absolute atomic E-state index is 12.4. The molecule has 5 nitrogen and oxygen atoms in total. The number of methoxy groups -OCH3 is 1. The second kappa shape index (κ2) is 7.88. The van der Waals surface area contributed by atoms with E-state index in [9.17, 15) is 4.79 Å². The molecule has 0 spiro atoms. The Morgan fingerprint density at radius 2 is 1.71 bits per heavy atom. The van der Waals surface area contributed by atoms with Crippen LogP contribution in [-0.4, -0.2) is 13.0 Å². The van der Waals surface area contributed by atoms with Crippen LogP contribution in [0.2, 0.25) is 0 Å². The Morgan fingerprint density at radius 1 is 0.929 bits per heavy atom. The Morgan fingerprint density at radius 3 is 2.57 bits per heavy atom. The van der Waals surface area contributed by atoms with Gasteiger partial charge in [0.25, 0.3) is 5.91 Å². The molecular formula is C23H19NO4. The van der Waals surface area contributed by atoms with E-state index in [-0.39, 0.29) is 18.3 Å². The van der Waals surface area contributed by atoms with Crippen LogP contribution in [0, 0.1) is 0 Å². The van der Waals surface area contributed by atoms with Crippen LogP contribution in [0.25, 0.3) is 10.8 Å². The standard InChI is InChI=1S/C23H19NO4/c1-26-21-9-5-4-8-20(21)24-23(25)22-13-12-19(28-22)15-27-18-11-10-16-6-2-3-7-17(16)14-18/h2-14H,15H2,1H3,(H,24,25). The summed E-state index contributed by atoms with van der Waals surface area (Å²) in [6, 6.07) is 24.6. The van der Waals surface area contributed by atoms with Gasteiger partial charge in [0.15, 0.2) is 5.76 Å². The van der Waals surface area contributed by atoms with Gasteiger partial charge in [-0.3, -0.25) is 4.79 Å². The highest BCUT2D eigenvalue weighted by Gasteiger charge is 2.14. The highest BCUT2D eigenvalue weighted by Crippen LogP contribution is 2.24. The molecule has 1 N–H and O–H groups in total. The van der Waals surface area contributed by atoms with Gasteiger partial charge in [0.1, 0.15) is 23.9 Å². The molecule has 4 aromatic rings.